The van der Waals surface area contributed by atoms with E-state index >= 15 is 0 Å². The molecule has 0 aliphatic heterocycles. The van der Waals surface area contributed by atoms with Crippen molar-refractivity contribution in [3.63, 3.8) is 0 Å². The molecule has 3 nitrogen and oxygen atoms in total. The van der Waals surface area contributed by atoms with Crippen LogP contribution in [0.25, 0.3) is 47.6 Å². The Balaban J connectivity index is 2.03. The molecule has 2 aromatic carbocycles. The maximum Gasteiger partial charge on any atom is 0.163 e. The van der Waals surface area contributed by atoms with Crippen molar-refractivity contribution in [3.8, 4) is 0 Å². The molecule has 0 unspecified atom stereocenters. The second-order valence-corrected chi connectivity index (χ2v) is 7.01. The standard InChI is InChI=1S/C20H11N3S/c1-2-6-16-12(4-1)13-7-8-15-17(19(13)24-16)14-5-3-9-21-18(14)20-22-10-11-23(15)20/h1-11H. The van der Waals surface area contributed by atoms with E-state index in [1.165, 1.54) is 36.5 Å². The highest BCUT2D eigenvalue weighted by Crippen LogP contribution is 2.41. The monoisotopic (exact) mass is 325 g/mol. The average molecular weight is 325 g/mol. The molecule has 0 spiro atoms. The maximum atomic E-state index is 4.61. The van der Waals surface area contributed by atoms with Crippen LogP contribution in [0.15, 0.2) is 67.1 Å². The van der Waals surface area contributed by atoms with Gasteiger partial charge in [0.05, 0.1) is 5.52 Å². The van der Waals surface area contributed by atoms with Gasteiger partial charge in [0.2, 0.25) is 0 Å². The van der Waals surface area contributed by atoms with Crippen molar-refractivity contribution < 1.29 is 0 Å². The molecule has 4 aromatic heterocycles. The molecule has 0 fully saturated rings. The Morgan fingerprint density at radius 1 is 0.792 bits per heavy atom. The fourth-order valence-electron chi connectivity index (χ4n) is 3.70. The molecule has 6 aromatic rings. The minimum Gasteiger partial charge on any atom is -0.298 e. The second-order valence-electron chi connectivity index (χ2n) is 5.96. The number of rotatable bonds is 0. The van der Waals surface area contributed by atoms with Crippen molar-refractivity contribution in [2.24, 2.45) is 0 Å². The van der Waals surface area contributed by atoms with Crippen LogP contribution in [0.1, 0.15) is 0 Å². The van der Waals surface area contributed by atoms with Gasteiger partial charge in [-0.25, -0.2) is 4.98 Å². The van der Waals surface area contributed by atoms with Gasteiger partial charge in [-0.3, -0.25) is 9.38 Å². The summed E-state index contributed by atoms with van der Waals surface area (Å²) < 4.78 is 4.79. The van der Waals surface area contributed by atoms with Gasteiger partial charge >= 0.3 is 0 Å². The van der Waals surface area contributed by atoms with Crippen LogP contribution in [0.2, 0.25) is 0 Å². The molecule has 6 rings (SSSR count). The van der Waals surface area contributed by atoms with E-state index < -0.39 is 0 Å². The van der Waals surface area contributed by atoms with Crippen LogP contribution in [0, 0.1) is 0 Å². The molecule has 0 saturated carbocycles. The third kappa shape index (κ3) is 1.42. The van der Waals surface area contributed by atoms with Crippen LogP contribution >= 0.6 is 11.3 Å². The van der Waals surface area contributed by atoms with E-state index in [1.807, 2.05) is 36.0 Å². The summed E-state index contributed by atoms with van der Waals surface area (Å²) in [7, 11) is 0. The van der Waals surface area contributed by atoms with E-state index in [0.717, 1.165) is 11.2 Å². The number of pyridine rings is 2. The first-order chi connectivity index (χ1) is 11.9. The van der Waals surface area contributed by atoms with Gasteiger partial charge in [0, 0.05) is 49.5 Å². The number of hydrogen-bond acceptors (Lipinski definition) is 3. The van der Waals surface area contributed by atoms with Gasteiger partial charge in [-0.1, -0.05) is 30.3 Å². The van der Waals surface area contributed by atoms with Crippen LogP contribution in [0.3, 0.4) is 0 Å². The molecule has 0 atom stereocenters. The summed E-state index contributed by atoms with van der Waals surface area (Å²) in [6.45, 7) is 0. The summed E-state index contributed by atoms with van der Waals surface area (Å²) in [6, 6.07) is 17.2. The first-order valence-corrected chi connectivity index (χ1v) is 8.67. The first kappa shape index (κ1) is 12.4. The molecule has 112 valence electrons. The van der Waals surface area contributed by atoms with E-state index in [0.29, 0.717) is 0 Å². The van der Waals surface area contributed by atoms with Gasteiger partial charge in [-0.05, 0) is 18.2 Å². The SMILES string of the molecule is c1ccc2c(c1)sc1c2ccc2c1c1cccnc1c1nccn21. The van der Waals surface area contributed by atoms with Gasteiger partial charge < -0.3 is 0 Å². The molecule has 0 radical (unpaired) electrons. The van der Waals surface area contributed by atoms with Crippen LogP contribution in [0.4, 0.5) is 0 Å². The molecule has 4 heteroatoms. The summed E-state index contributed by atoms with van der Waals surface area (Å²) in [4.78, 5) is 9.14. The number of nitrogens with zero attached hydrogens (tertiary/aromatic N) is 3. The van der Waals surface area contributed by atoms with Gasteiger partial charge in [0.1, 0.15) is 5.52 Å². The van der Waals surface area contributed by atoms with Crippen LogP contribution in [0.5, 0.6) is 0 Å². The van der Waals surface area contributed by atoms with Gasteiger partial charge in [-0.15, -0.1) is 11.3 Å². The Bertz CT molecular complexity index is 1410. The molecule has 0 bridgehead atoms. The van der Waals surface area contributed by atoms with Crippen molar-refractivity contribution in [1.29, 1.82) is 0 Å². The normalized spacial score (nSPS) is 12.2. The van der Waals surface area contributed by atoms with Crippen molar-refractivity contribution in [1.82, 2.24) is 14.4 Å². The molecule has 0 saturated heterocycles. The second kappa shape index (κ2) is 4.30. The zero-order valence-electron chi connectivity index (χ0n) is 12.6. The molecule has 0 aliphatic rings. The number of aromatic nitrogens is 3. The van der Waals surface area contributed by atoms with Crippen LogP contribution < -0.4 is 0 Å². The minimum absolute atomic E-state index is 0.915. The Labute approximate surface area is 140 Å². The van der Waals surface area contributed by atoms with Gasteiger partial charge in [0.25, 0.3) is 0 Å². The third-order valence-electron chi connectivity index (χ3n) is 4.71. The number of benzene rings is 2. The maximum absolute atomic E-state index is 4.61. The summed E-state index contributed by atoms with van der Waals surface area (Å²) in [6.07, 6.45) is 5.71. The largest absolute Gasteiger partial charge is 0.298 e. The molecule has 4 heterocycles. The lowest BCUT2D eigenvalue weighted by Crippen LogP contribution is -1.92. The highest BCUT2D eigenvalue weighted by Gasteiger charge is 2.15. The summed E-state index contributed by atoms with van der Waals surface area (Å²) in [5.74, 6) is 0. The van der Waals surface area contributed by atoms with Crippen LogP contribution in [-0.2, 0) is 0 Å². The van der Waals surface area contributed by atoms with E-state index in [9.17, 15) is 0 Å². The van der Waals surface area contributed by atoms with E-state index in [1.54, 1.807) is 0 Å². The van der Waals surface area contributed by atoms with E-state index in [2.05, 4.69) is 56.8 Å². The smallest absolute Gasteiger partial charge is 0.163 e. The van der Waals surface area contributed by atoms with Crippen molar-refractivity contribution in [2.75, 3.05) is 0 Å². The molecule has 24 heavy (non-hydrogen) atoms. The van der Waals surface area contributed by atoms with Crippen molar-refractivity contribution in [2.45, 2.75) is 0 Å². The van der Waals surface area contributed by atoms with Crippen LogP contribution in [-0.4, -0.2) is 14.4 Å². The highest BCUT2D eigenvalue weighted by molar-refractivity contribution is 7.26. The summed E-state index contributed by atoms with van der Waals surface area (Å²) in [5.41, 5.74) is 3.06. The van der Waals surface area contributed by atoms with Gasteiger partial charge in [0.15, 0.2) is 5.65 Å². The average Bonchev–Trinajstić information content (AvgIpc) is 3.26. The number of hydrogen-bond donors (Lipinski definition) is 0. The fourth-order valence-corrected chi connectivity index (χ4v) is 4.96. The Hall–Kier alpha value is -2.98. The molecular formula is C20H11N3S. The number of fused-ring (bicyclic) bond motifs is 10. The zero-order valence-corrected chi connectivity index (χ0v) is 13.4. The lowest BCUT2D eigenvalue weighted by molar-refractivity contribution is 1.26. The summed E-state index contributed by atoms with van der Waals surface area (Å²) in [5, 5.41) is 5.07. The quantitative estimate of drug-likeness (QED) is 0.350. The van der Waals surface area contributed by atoms with E-state index in [-0.39, 0.29) is 0 Å². The minimum atomic E-state index is 0.915. The highest BCUT2D eigenvalue weighted by atomic mass is 32.1. The number of thiophene rings is 1. The van der Waals surface area contributed by atoms with E-state index in [4.69, 9.17) is 0 Å². The Morgan fingerprint density at radius 2 is 1.71 bits per heavy atom. The Kier molecular flexibility index (Phi) is 2.23. The van der Waals surface area contributed by atoms with Crippen molar-refractivity contribution in [3.05, 3.63) is 67.1 Å². The molecule has 0 amide bonds. The molecule has 0 N–H and O–H groups in total. The van der Waals surface area contributed by atoms with Gasteiger partial charge in [-0.2, -0.15) is 0 Å². The fraction of sp³-hybridized carbons (Fsp3) is 0. The topological polar surface area (TPSA) is 30.2 Å². The summed E-state index contributed by atoms with van der Waals surface area (Å²) >= 11 is 1.86. The predicted molar refractivity (Wildman–Crippen MR) is 101 cm³/mol. The number of imidazole rings is 1. The predicted octanol–water partition coefficient (Wildman–Crippen LogP) is 5.40. The molecular weight excluding hydrogens is 314 g/mol. The lowest BCUT2D eigenvalue weighted by Gasteiger charge is -2.08. The third-order valence-corrected chi connectivity index (χ3v) is 5.92. The first-order valence-electron chi connectivity index (χ1n) is 7.85. The lowest BCUT2D eigenvalue weighted by atomic mass is 10.1. The Morgan fingerprint density at radius 3 is 2.71 bits per heavy atom. The van der Waals surface area contributed by atoms with Crippen molar-refractivity contribution >= 4 is 59.0 Å². The zero-order chi connectivity index (χ0) is 15.7. The molecule has 0 aliphatic carbocycles.